The Morgan fingerprint density at radius 1 is 1.30 bits per heavy atom. The van der Waals surface area contributed by atoms with Crippen molar-refractivity contribution in [3.05, 3.63) is 47.9 Å². The molecule has 9 heteroatoms. The third kappa shape index (κ3) is 3.91. The molecule has 0 aromatic carbocycles. The molecule has 4 aromatic rings. The van der Waals surface area contributed by atoms with E-state index in [-0.39, 0.29) is 0 Å². The maximum absolute atomic E-state index is 5.46. The topological polar surface area (TPSA) is 91.9 Å². The molecule has 0 saturated carbocycles. The summed E-state index contributed by atoms with van der Waals surface area (Å²) >= 11 is 1.52. The molecule has 154 valence electrons. The molecule has 0 spiro atoms. The van der Waals surface area contributed by atoms with Gasteiger partial charge >= 0.3 is 0 Å². The number of anilines is 2. The van der Waals surface area contributed by atoms with Crippen molar-refractivity contribution in [2.45, 2.75) is 26.0 Å². The van der Waals surface area contributed by atoms with E-state index in [9.17, 15) is 0 Å². The summed E-state index contributed by atoms with van der Waals surface area (Å²) in [5.41, 5.74) is 4.99. The van der Waals surface area contributed by atoms with Crippen molar-refractivity contribution in [1.82, 2.24) is 30.0 Å². The number of rotatable bonds is 6. The number of nitrogens with one attached hydrogen (secondary N) is 2. The van der Waals surface area contributed by atoms with E-state index < -0.39 is 0 Å². The molecular weight excluding hydrogens is 398 g/mol. The first-order valence-electron chi connectivity index (χ1n) is 9.93. The molecule has 1 fully saturated rings. The van der Waals surface area contributed by atoms with Crippen molar-refractivity contribution >= 4 is 32.6 Å². The van der Waals surface area contributed by atoms with E-state index in [0.717, 1.165) is 64.3 Å². The normalized spacial score (nSPS) is 17.1. The Morgan fingerprint density at radius 2 is 2.23 bits per heavy atom. The van der Waals surface area contributed by atoms with Crippen molar-refractivity contribution in [1.29, 1.82) is 0 Å². The number of methoxy groups -OCH3 is 1. The first kappa shape index (κ1) is 19.1. The van der Waals surface area contributed by atoms with E-state index in [0.29, 0.717) is 6.10 Å². The SMILES string of the molecule is CO[C@@H]1CCN(Cc2ccnc(Nc3nc4ccc(-c5cn[nH]c5C)nc4s3)c2)C1. The van der Waals surface area contributed by atoms with Crippen molar-refractivity contribution in [2.75, 3.05) is 25.5 Å². The van der Waals surface area contributed by atoms with Gasteiger partial charge in [-0.3, -0.25) is 10.00 Å². The van der Waals surface area contributed by atoms with Gasteiger partial charge in [0, 0.05) is 44.2 Å². The Bertz CT molecular complexity index is 1170. The van der Waals surface area contributed by atoms with E-state index in [1.54, 1.807) is 13.3 Å². The lowest BCUT2D eigenvalue weighted by molar-refractivity contribution is 0.107. The van der Waals surface area contributed by atoms with Crippen molar-refractivity contribution < 1.29 is 4.74 Å². The van der Waals surface area contributed by atoms with Gasteiger partial charge in [0.2, 0.25) is 0 Å². The van der Waals surface area contributed by atoms with Crippen LogP contribution in [-0.4, -0.2) is 56.4 Å². The Kier molecular flexibility index (Phi) is 5.16. The van der Waals surface area contributed by atoms with Crippen LogP contribution in [0.25, 0.3) is 21.6 Å². The number of fused-ring (bicyclic) bond motifs is 1. The summed E-state index contributed by atoms with van der Waals surface area (Å²) < 4.78 is 5.46. The second-order valence-corrected chi connectivity index (χ2v) is 8.48. The van der Waals surface area contributed by atoms with E-state index in [4.69, 9.17) is 9.72 Å². The fraction of sp³-hybridized carbons (Fsp3) is 0.333. The fourth-order valence-electron chi connectivity index (χ4n) is 3.77. The lowest BCUT2D eigenvalue weighted by Crippen LogP contribution is -2.22. The van der Waals surface area contributed by atoms with Crippen LogP contribution in [0.4, 0.5) is 10.9 Å². The Labute approximate surface area is 178 Å². The third-order valence-electron chi connectivity index (χ3n) is 5.39. The molecule has 1 aliphatic heterocycles. The number of aromatic amines is 1. The van der Waals surface area contributed by atoms with Crippen LogP contribution in [0.15, 0.2) is 36.7 Å². The molecule has 0 bridgehead atoms. The molecule has 0 radical (unpaired) electrons. The summed E-state index contributed by atoms with van der Waals surface area (Å²) in [6.45, 7) is 4.92. The lowest BCUT2D eigenvalue weighted by Gasteiger charge is -2.16. The van der Waals surface area contributed by atoms with E-state index in [1.807, 2.05) is 25.3 Å². The monoisotopic (exact) mass is 421 g/mol. The predicted octanol–water partition coefficient (Wildman–Crippen LogP) is 3.75. The number of likely N-dealkylation sites (tertiary alicyclic amines) is 1. The number of H-pyrrole nitrogens is 1. The van der Waals surface area contributed by atoms with Crippen LogP contribution in [0.2, 0.25) is 0 Å². The first-order chi connectivity index (χ1) is 14.7. The molecule has 0 amide bonds. The van der Waals surface area contributed by atoms with E-state index in [1.165, 1.54) is 16.9 Å². The molecular formula is C21H23N7OS. The summed E-state index contributed by atoms with van der Waals surface area (Å²) in [5, 5.41) is 11.2. The number of pyridine rings is 2. The minimum Gasteiger partial charge on any atom is -0.380 e. The summed E-state index contributed by atoms with van der Waals surface area (Å²) in [6.07, 6.45) is 5.07. The summed E-state index contributed by atoms with van der Waals surface area (Å²) in [4.78, 5) is 17.2. The summed E-state index contributed by atoms with van der Waals surface area (Å²) in [7, 11) is 1.79. The second kappa shape index (κ2) is 8.10. The van der Waals surface area contributed by atoms with Gasteiger partial charge in [-0.2, -0.15) is 5.10 Å². The smallest absolute Gasteiger partial charge is 0.190 e. The van der Waals surface area contributed by atoms with Crippen LogP contribution >= 0.6 is 11.3 Å². The van der Waals surface area contributed by atoms with Gasteiger partial charge in [-0.15, -0.1) is 0 Å². The quantitative estimate of drug-likeness (QED) is 0.490. The van der Waals surface area contributed by atoms with Crippen LogP contribution in [0.3, 0.4) is 0 Å². The maximum atomic E-state index is 5.46. The molecule has 4 aromatic heterocycles. The Morgan fingerprint density at radius 3 is 3.03 bits per heavy atom. The van der Waals surface area contributed by atoms with Crippen LogP contribution in [0.5, 0.6) is 0 Å². The van der Waals surface area contributed by atoms with Crippen LogP contribution in [-0.2, 0) is 11.3 Å². The minimum absolute atomic E-state index is 0.343. The third-order valence-corrected chi connectivity index (χ3v) is 6.27. The van der Waals surface area contributed by atoms with Gasteiger partial charge in [-0.25, -0.2) is 15.0 Å². The molecule has 1 atom stereocenters. The molecule has 5 rings (SSSR count). The zero-order valence-corrected chi connectivity index (χ0v) is 17.7. The number of aryl methyl sites for hydroxylation is 1. The fourth-order valence-corrected chi connectivity index (χ4v) is 4.62. The number of ether oxygens (including phenoxy) is 1. The van der Waals surface area contributed by atoms with Crippen LogP contribution in [0.1, 0.15) is 17.7 Å². The average molecular weight is 422 g/mol. The highest BCUT2D eigenvalue weighted by molar-refractivity contribution is 7.21. The van der Waals surface area contributed by atoms with Gasteiger partial charge < -0.3 is 10.1 Å². The van der Waals surface area contributed by atoms with Gasteiger partial charge in [-0.1, -0.05) is 11.3 Å². The molecule has 0 aliphatic carbocycles. The zero-order valence-electron chi connectivity index (χ0n) is 16.9. The van der Waals surface area contributed by atoms with Crippen molar-refractivity contribution in [2.24, 2.45) is 0 Å². The van der Waals surface area contributed by atoms with Gasteiger partial charge in [0.05, 0.1) is 18.0 Å². The largest absolute Gasteiger partial charge is 0.380 e. The molecule has 1 aliphatic rings. The van der Waals surface area contributed by atoms with Gasteiger partial charge in [0.1, 0.15) is 16.2 Å². The molecule has 0 unspecified atom stereocenters. The minimum atomic E-state index is 0.343. The standard InChI is InChI=1S/C21H23N7OS/c1-13-16(10-23-27-13)17-3-4-18-20(24-17)30-21(25-18)26-19-9-14(5-7-22-19)11-28-8-6-15(12-28)29-2/h3-5,7,9-10,15H,6,8,11-12H2,1-2H3,(H,23,27)(H,22,25,26)/t15-/m1/s1. The highest BCUT2D eigenvalue weighted by atomic mass is 32.1. The summed E-state index contributed by atoms with van der Waals surface area (Å²) in [6, 6.07) is 8.12. The molecule has 2 N–H and O–H groups in total. The van der Waals surface area contributed by atoms with Gasteiger partial charge in [0.15, 0.2) is 5.13 Å². The number of aromatic nitrogens is 5. The Hall–Kier alpha value is -2.88. The van der Waals surface area contributed by atoms with Gasteiger partial charge in [-0.05, 0) is 43.2 Å². The number of thiazole rings is 1. The average Bonchev–Trinajstić information content (AvgIpc) is 3.47. The van der Waals surface area contributed by atoms with Crippen LogP contribution in [0, 0.1) is 6.92 Å². The number of hydrogen-bond donors (Lipinski definition) is 2. The van der Waals surface area contributed by atoms with E-state index in [2.05, 4.69) is 42.5 Å². The van der Waals surface area contributed by atoms with Crippen LogP contribution < -0.4 is 5.32 Å². The highest BCUT2D eigenvalue weighted by Crippen LogP contribution is 2.29. The molecule has 5 heterocycles. The first-order valence-corrected chi connectivity index (χ1v) is 10.7. The maximum Gasteiger partial charge on any atom is 0.190 e. The zero-order chi connectivity index (χ0) is 20.5. The number of nitrogens with zero attached hydrogens (tertiary/aromatic N) is 5. The Balaban J connectivity index is 1.32. The molecule has 1 saturated heterocycles. The highest BCUT2D eigenvalue weighted by Gasteiger charge is 2.22. The molecule has 8 nitrogen and oxygen atoms in total. The van der Waals surface area contributed by atoms with E-state index >= 15 is 0 Å². The van der Waals surface area contributed by atoms with Gasteiger partial charge in [0.25, 0.3) is 0 Å². The summed E-state index contributed by atoms with van der Waals surface area (Å²) in [5.74, 6) is 0.792. The predicted molar refractivity (Wildman–Crippen MR) is 118 cm³/mol. The second-order valence-electron chi connectivity index (χ2n) is 7.50. The van der Waals surface area contributed by atoms with Crippen molar-refractivity contribution in [3.8, 4) is 11.3 Å². The lowest BCUT2D eigenvalue weighted by atomic mass is 10.2. The number of hydrogen-bond acceptors (Lipinski definition) is 8. The molecule has 30 heavy (non-hydrogen) atoms. The van der Waals surface area contributed by atoms with Crippen molar-refractivity contribution in [3.63, 3.8) is 0 Å².